The van der Waals surface area contributed by atoms with Gasteiger partial charge >= 0.3 is 12.1 Å². The van der Waals surface area contributed by atoms with Gasteiger partial charge in [0.25, 0.3) is 5.78 Å². The second kappa shape index (κ2) is 8.53. The van der Waals surface area contributed by atoms with Crippen LogP contribution in [0.4, 0.5) is 13.2 Å². The van der Waals surface area contributed by atoms with E-state index in [1.165, 1.54) is 23.8 Å². The third-order valence-electron chi connectivity index (χ3n) is 4.07. The summed E-state index contributed by atoms with van der Waals surface area (Å²) >= 11 is 1.88. The molecule has 0 bridgehead atoms. The average Bonchev–Trinajstić information content (AvgIpc) is 2.93. The van der Waals surface area contributed by atoms with Crippen molar-refractivity contribution < 1.29 is 32.2 Å². The zero-order chi connectivity index (χ0) is 21.3. The summed E-state index contributed by atoms with van der Waals surface area (Å²) in [5.41, 5.74) is -0.243. The maximum atomic E-state index is 13.1. The topological polar surface area (TPSA) is 57.5 Å². The van der Waals surface area contributed by atoms with Crippen molar-refractivity contribution in [3.63, 3.8) is 0 Å². The molecule has 0 atom stereocenters. The van der Waals surface area contributed by atoms with Gasteiger partial charge in [-0.25, -0.2) is 4.79 Å². The highest BCUT2D eigenvalue weighted by molar-refractivity contribution is 14.1. The van der Waals surface area contributed by atoms with E-state index < -0.39 is 31.6 Å². The van der Waals surface area contributed by atoms with E-state index in [1.54, 1.807) is 0 Å². The van der Waals surface area contributed by atoms with Crippen molar-refractivity contribution in [2.45, 2.75) is 38.6 Å². The van der Waals surface area contributed by atoms with Gasteiger partial charge in [-0.2, -0.15) is 13.2 Å². The van der Waals surface area contributed by atoms with Gasteiger partial charge in [-0.05, 0) is 40.8 Å². The van der Waals surface area contributed by atoms with Gasteiger partial charge in [0.2, 0.25) is 0 Å². The van der Waals surface area contributed by atoms with Crippen LogP contribution >= 0.6 is 22.6 Å². The van der Waals surface area contributed by atoms with Crippen molar-refractivity contribution >= 4 is 53.3 Å². The number of aromatic nitrogens is 1. The Balaban J connectivity index is 2.55. The summed E-state index contributed by atoms with van der Waals surface area (Å²) in [6.45, 7) is 6.91. The summed E-state index contributed by atoms with van der Waals surface area (Å²) < 4.78 is 51.4. The van der Waals surface area contributed by atoms with Gasteiger partial charge in [0.05, 0.1) is 23.8 Å². The molecule has 154 valence electrons. The maximum absolute atomic E-state index is 13.1. The number of alkyl halides is 3. The Morgan fingerprint density at radius 2 is 1.82 bits per heavy atom. The standard InChI is InChI=1S/C18H21F3INO4Si/c1-26-17(25)13-8-11(22)7-12-14(16(24)18(19,20)21)9-23(15(12)13)10-27-5-6-28(2,3)4/h7-9H,5-6,10H2,1-4H3. The molecule has 0 radical (unpaired) electrons. The second-order valence-corrected chi connectivity index (χ2v) is 14.4. The van der Waals surface area contributed by atoms with Crippen LogP contribution in [0, 0.1) is 3.57 Å². The van der Waals surface area contributed by atoms with E-state index in [-0.39, 0.29) is 23.2 Å². The van der Waals surface area contributed by atoms with E-state index in [0.717, 1.165) is 12.2 Å². The Hall–Kier alpha value is -1.40. The molecule has 0 saturated carbocycles. The molecule has 0 aliphatic heterocycles. The summed E-state index contributed by atoms with van der Waals surface area (Å²) in [5, 5.41) is 0.0448. The zero-order valence-corrected chi connectivity index (χ0v) is 19.1. The Morgan fingerprint density at radius 3 is 2.36 bits per heavy atom. The summed E-state index contributed by atoms with van der Waals surface area (Å²) in [4.78, 5) is 24.1. The Kier molecular flexibility index (Phi) is 6.97. The molecule has 0 fully saturated rings. The number of nitrogens with zero attached hydrogens (tertiary/aromatic N) is 1. The molecule has 2 rings (SSSR count). The number of hydrogen-bond acceptors (Lipinski definition) is 4. The zero-order valence-electron chi connectivity index (χ0n) is 15.9. The number of ketones is 1. The van der Waals surface area contributed by atoms with E-state index in [2.05, 4.69) is 19.6 Å². The van der Waals surface area contributed by atoms with Crippen molar-refractivity contribution in [1.29, 1.82) is 0 Å². The van der Waals surface area contributed by atoms with E-state index in [9.17, 15) is 22.8 Å². The molecule has 0 aliphatic carbocycles. The van der Waals surface area contributed by atoms with Crippen molar-refractivity contribution in [3.8, 4) is 0 Å². The lowest BCUT2D eigenvalue weighted by Gasteiger charge is -2.16. The minimum absolute atomic E-state index is 0.0448. The normalized spacial score (nSPS) is 12.4. The first-order valence-corrected chi connectivity index (χ1v) is 13.2. The van der Waals surface area contributed by atoms with Gasteiger partial charge in [-0.1, -0.05) is 19.6 Å². The van der Waals surface area contributed by atoms with Crippen LogP contribution < -0.4 is 0 Å². The smallest absolute Gasteiger partial charge is 0.454 e. The van der Waals surface area contributed by atoms with Gasteiger partial charge < -0.3 is 14.0 Å². The number of carbonyl (C=O) groups excluding carboxylic acids is 2. The lowest BCUT2D eigenvalue weighted by Crippen LogP contribution is -2.22. The molecule has 0 unspecified atom stereocenters. The fourth-order valence-electron chi connectivity index (χ4n) is 2.65. The molecule has 0 aliphatic rings. The number of rotatable bonds is 7. The first kappa shape index (κ1) is 22.9. The molecule has 0 N–H and O–H groups in total. The molecule has 0 amide bonds. The highest BCUT2D eigenvalue weighted by Crippen LogP contribution is 2.32. The highest BCUT2D eigenvalue weighted by Gasteiger charge is 2.41. The Bertz CT molecular complexity index is 903. The summed E-state index contributed by atoms with van der Waals surface area (Å²) in [6, 6.07) is 3.83. The molecular weight excluding hydrogens is 506 g/mol. The monoisotopic (exact) mass is 527 g/mol. The number of esters is 1. The molecule has 2 aromatic rings. The van der Waals surface area contributed by atoms with Gasteiger partial charge in [0, 0.05) is 29.8 Å². The number of benzene rings is 1. The van der Waals surface area contributed by atoms with Gasteiger partial charge in [-0.15, -0.1) is 0 Å². The number of carbonyl (C=O) groups is 2. The van der Waals surface area contributed by atoms with Crippen LogP contribution in [0.2, 0.25) is 25.7 Å². The van der Waals surface area contributed by atoms with Crippen LogP contribution in [-0.4, -0.2) is 44.3 Å². The van der Waals surface area contributed by atoms with Crippen LogP contribution in [-0.2, 0) is 16.2 Å². The van der Waals surface area contributed by atoms with Gasteiger partial charge in [-0.3, -0.25) is 4.79 Å². The molecule has 1 heterocycles. The quantitative estimate of drug-likeness (QED) is 0.166. The lowest BCUT2D eigenvalue weighted by atomic mass is 10.1. The lowest BCUT2D eigenvalue weighted by molar-refractivity contribution is -0.0884. The third-order valence-corrected chi connectivity index (χ3v) is 6.40. The van der Waals surface area contributed by atoms with Crippen LogP contribution in [0.1, 0.15) is 20.7 Å². The van der Waals surface area contributed by atoms with Crippen molar-refractivity contribution in [2.75, 3.05) is 13.7 Å². The molecule has 28 heavy (non-hydrogen) atoms. The second-order valence-electron chi connectivity index (χ2n) is 7.53. The van der Waals surface area contributed by atoms with E-state index >= 15 is 0 Å². The summed E-state index contributed by atoms with van der Waals surface area (Å²) in [6.07, 6.45) is -3.93. The average molecular weight is 527 g/mol. The minimum atomic E-state index is -5.02. The summed E-state index contributed by atoms with van der Waals surface area (Å²) in [7, 11) is -0.153. The van der Waals surface area contributed by atoms with E-state index in [0.29, 0.717) is 10.2 Å². The first-order chi connectivity index (χ1) is 12.8. The Labute approximate surface area is 175 Å². The molecule has 5 nitrogen and oxygen atoms in total. The van der Waals surface area contributed by atoms with Crippen molar-refractivity contribution in [1.82, 2.24) is 4.57 Å². The molecular formula is C18H21F3INO4Si. The fourth-order valence-corrected chi connectivity index (χ4v) is 4.03. The fraction of sp³-hybridized carbons (Fsp3) is 0.444. The molecule has 10 heteroatoms. The van der Waals surface area contributed by atoms with Crippen LogP contribution in [0.3, 0.4) is 0 Å². The number of fused-ring (bicyclic) bond motifs is 1. The SMILES string of the molecule is COC(=O)c1cc(I)cc2c(C(=O)C(F)(F)F)cn(COCC[Si](C)(C)C)c12. The van der Waals surface area contributed by atoms with Crippen molar-refractivity contribution in [2.24, 2.45) is 0 Å². The van der Waals surface area contributed by atoms with E-state index in [4.69, 9.17) is 9.47 Å². The van der Waals surface area contributed by atoms with Gasteiger partial charge in [0.1, 0.15) is 6.73 Å². The molecule has 1 aromatic heterocycles. The predicted octanol–water partition coefficient (Wildman–Crippen LogP) is 5.09. The molecule has 0 spiro atoms. The number of halogens is 4. The number of Topliss-reactive ketones (excluding diaryl/α,β-unsaturated/α-hetero) is 1. The summed E-state index contributed by atoms with van der Waals surface area (Å²) in [5.74, 6) is -2.66. The predicted molar refractivity (Wildman–Crippen MR) is 110 cm³/mol. The third kappa shape index (κ3) is 5.35. The number of hydrogen-bond donors (Lipinski definition) is 0. The number of methoxy groups -OCH3 is 1. The van der Waals surface area contributed by atoms with Crippen LogP contribution in [0.5, 0.6) is 0 Å². The van der Waals surface area contributed by atoms with Crippen LogP contribution in [0.15, 0.2) is 18.3 Å². The molecule has 0 saturated heterocycles. The number of ether oxygens (including phenoxy) is 2. The maximum Gasteiger partial charge on any atom is 0.454 e. The van der Waals surface area contributed by atoms with E-state index in [1.807, 2.05) is 22.6 Å². The minimum Gasteiger partial charge on any atom is -0.465 e. The Morgan fingerprint density at radius 1 is 1.18 bits per heavy atom. The van der Waals surface area contributed by atoms with Crippen LogP contribution in [0.25, 0.3) is 10.9 Å². The van der Waals surface area contributed by atoms with Gasteiger partial charge in [0.15, 0.2) is 0 Å². The first-order valence-electron chi connectivity index (χ1n) is 8.45. The van der Waals surface area contributed by atoms with Crippen molar-refractivity contribution in [3.05, 3.63) is 33.0 Å². The molecule has 1 aromatic carbocycles. The highest BCUT2D eigenvalue weighted by atomic mass is 127. The largest absolute Gasteiger partial charge is 0.465 e.